The second-order valence-corrected chi connectivity index (χ2v) is 5.86. The van der Waals surface area contributed by atoms with Gasteiger partial charge < -0.3 is 11.1 Å². The van der Waals surface area contributed by atoms with E-state index in [0.717, 1.165) is 17.7 Å². The maximum absolute atomic E-state index is 11.0. The average molecular weight is 272 g/mol. The fourth-order valence-electron chi connectivity index (χ4n) is 1.65. The van der Waals surface area contributed by atoms with Crippen molar-refractivity contribution in [3.8, 4) is 0 Å². The summed E-state index contributed by atoms with van der Waals surface area (Å²) in [5.41, 5.74) is 7.43. The van der Waals surface area contributed by atoms with Crippen molar-refractivity contribution in [3.05, 3.63) is 29.8 Å². The summed E-state index contributed by atoms with van der Waals surface area (Å²) in [6, 6.07) is 7.65. The summed E-state index contributed by atoms with van der Waals surface area (Å²) in [5, 5.41) is 2.22. The lowest BCUT2D eigenvalue weighted by molar-refractivity contribution is 0.466. The Labute approximate surface area is 108 Å². The second kappa shape index (κ2) is 6.72. The number of rotatable bonds is 7. The topological polar surface area (TPSA) is 92.4 Å². The number of nitrogens with two attached hydrogens (primary N) is 1. The van der Waals surface area contributed by atoms with E-state index in [9.17, 15) is 8.42 Å². The number of hydrogen-bond acceptors (Lipinski definition) is 4. The number of hydrogen-bond donors (Lipinski definition) is 3. The van der Waals surface area contributed by atoms with Gasteiger partial charge in [-0.25, -0.2) is 0 Å². The Bertz CT molecular complexity index is 457. The maximum Gasteiger partial charge on any atom is 0.269 e. The van der Waals surface area contributed by atoms with Gasteiger partial charge in [-0.05, 0) is 37.1 Å². The summed E-state index contributed by atoms with van der Waals surface area (Å²) in [7, 11) is -3.98. The molecule has 0 amide bonds. The lowest BCUT2D eigenvalue weighted by Gasteiger charge is -2.13. The van der Waals surface area contributed by atoms with Crippen LogP contribution >= 0.6 is 0 Å². The summed E-state index contributed by atoms with van der Waals surface area (Å²) in [4.78, 5) is 0. The first-order valence-electron chi connectivity index (χ1n) is 5.96. The van der Waals surface area contributed by atoms with E-state index in [4.69, 9.17) is 10.3 Å². The van der Waals surface area contributed by atoms with Gasteiger partial charge in [-0.2, -0.15) is 8.42 Å². The van der Waals surface area contributed by atoms with Crippen LogP contribution in [-0.2, 0) is 16.5 Å². The van der Waals surface area contributed by atoms with Crippen LogP contribution < -0.4 is 11.1 Å². The van der Waals surface area contributed by atoms with Gasteiger partial charge in [0.15, 0.2) is 0 Å². The van der Waals surface area contributed by atoms with Crippen molar-refractivity contribution in [2.24, 2.45) is 5.73 Å². The Morgan fingerprint density at radius 3 is 2.39 bits per heavy atom. The highest BCUT2D eigenvalue weighted by atomic mass is 32.2. The lowest BCUT2D eigenvalue weighted by Crippen LogP contribution is -2.27. The minimum atomic E-state index is -3.98. The van der Waals surface area contributed by atoms with Gasteiger partial charge in [-0.15, -0.1) is 0 Å². The summed E-state index contributed by atoms with van der Waals surface area (Å²) in [5.74, 6) is 0. The fourth-order valence-corrected chi connectivity index (χ4v) is 2.36. The Balaban J connectivity index is 2.57. The molecule has 0 bridgehead atoms. The number of benzene rings is 1. The van der Waals surface area contributed by atoms with E-state index < -0.39 is 15.4 Å². The summed E-state index contributed by atoms with van der Waals surface area (Å²) >= 11 is 0. The van der Waals surface area contributed by atoms with Gasteiger partial charge in [0.2, 0.25) is 0 Å². The number of anilines is 1. The highest BCUT2D eigenvalue weighted by molar-refractivity contribution is 7.86. The normalized spacial score (nSPS) is 13.3. The van der Waals surface area contributed by atoms with Crippen molar-refractivity contribution in [1.29, 1.82) is 0 Å². The van der Waals surface area contributed by atoms with Crippen LogP contribution in [0.25, 0.3) is 0 Å². The Kier molecular flexibility index (Phi) is 5.58. The zero-order valence-corrected chi connectivity index (χ0v) is 11.3. The monoisotopic (exact) mass is 272 g/mol. The molecule has 0 aliphatic rings. The van der Waals surface area contributed by atoms with E-state index in [-0.39, 0.29) is 6.54 Å². The largest absolute Gasteiger partial charge is 0.384 e. The molecular formula is C12H20N2O3S. The molecule has 1 atom stereocenters. The van der Waals surface area contributed by atoms with E-state index >= 15 is 0 Å². The molecule has 0 heterocycles. The molecule has 102 valence electrons. The molecule has 0 saturated heterocycles. The highest BCUT2D eigenvalue weighted by Crippen LogP contribution is 2.11. The molecule has 0 spiro atoms. The molecule has 0 aromatic heterocycles. The molecule has 6 heteroatoms. The first kappa shape index (κ1) is 14.9. The van der Waals surface area contributed by atoms with Gasteiger partial charge >= 0.3 is 0 Å². The standard InChI is InChI=1S/C12H20N2O3S/c1-2-12(18(15,16)17)9-14-11-5-3-10(4-6-11)7-8-13/h3-6,12,14H,2,7-9,13H2,1H3,(H,15,16,17). The summed E-state index contributed by atoms with van der Waals surface area (Å²) < 4.78 is 31.0. The molecule has 0 aliphatic heterocycles. The van der Waals surface area contributed by atoms with Gasteiger partial charge in [0.25, 0.3) is 10.1 Å². The Morgan fingerprint density at radius 2 is 1.94 bits per heavy atom. The van der Waals surface area contributed by atoms with Crippen molar-refractivity contribution in [2.75, 3.05) is 18.4 Å². The maximum atomic E-state index is 11.0. The summed E-state index contributed by atoms with van der Waals surface area (Å²) in [6.07, 6.45) is 1.19. The van der Waals surface area contributed by atoms with Crippen LogP contribution in [0.2, 0.25) is 0 Å². The molecule has 0 fully saturated rings. The SMILES string of the molecule is CCC(CNc1ccc(CCN)cc1)S(=O)(=O)O. The minimum Gasteiger partial charge on any atom is -0.384 e. The van der Waals surface area contributed by atoms with E-state index in [2.05, 4.69) is 5.32 Å². The minimum absolute atomic E-state index is 0.200. The molecular weight excluding hydrogens is 252 g/mol. The summed E-state index contributed by atoms with van der Waals surface area (Å²) in [6.45, 7) is 2.53. The molecule has 0 radical (unpaired) electrons. The predicted octanol–water partition coefficient (Wildman–Crippen LogP) is 1.27. The van der Waals surface area contributed by atoms with Crippen molar-refractivity contribution in [3.63, 3.8) is 0 Å². The molecule has 1 aromatic rings. The van der Waals surface area contributed by atoms with Crippen molar-refractivity contribution in [2.45, 2.75) is 25.0 Å². The van der Waals surface area contributed by atoms with E-state index in [1.807, 2.05) is 24.3 Å². The van der Waals surface area contributed by atoms with Gasteiger partial charge in [0.1, 0.15) is 5.25 Å². The molecule has 5 nitrogen and oxygen atoms in total. The quantitative estimate of drug-likeness (QED) is 0.650. The van der Waals surface area contributed by atoms with Crippen molar-refractivity contribution < 1.29 is 13.0 Å². The van der Waals surface area contributed by atoms with Crippen LogP contribution in [0.3, 0.4) is 0 Å². The van der Waals surface area contributed by atoms with Crippen LogP contribution in [0.5, 0.6) is 0 Å². The van der Waals surface area contributed by atoms with Crippen LogP contribution in [0.4, 0.5) is 5.69 Å². The van der Waals surface area contributed by atoms with Crippen LogP contribution in [0.1, 0.15) is 18.9 Å². The predicted molar refractivity (Wildman–Crippen MR) is 73.3 cm³/mol. The van der Waals surface area contributed by atoms with E-state index in [1.165, 1.54) is 0 Å². The van der Waals surface area contributed by atoms with Crippen molar-refractivity contribution >= 4 is 15.8 Å². The van der Waals surface area contributed by atoms with Gasteiger partial charge in [-0.1, -0.05) is 19.1 Å². The third kappa shape index (κ3) is 4.64. The van der Waals surface area contributed by atoms with E-state index in [1.54, 1.807) is 6.92 Å². The highest BCUT2D eigenvalue weighted by Gasteiger charge is 2.20. The zero-order chi connectivity index (χ0) is 13.6. The number of nitrogens with one attached hydrogen (secondary N) is 1. The van der Waals surface area contributed by atoms with Crippen LogP contribution in [0.15, 0.2) is 24.3 Å². The fraction of sp³-hybridized carbons (Fsp3) is 0.500. The Morgan fingerprint density at radius 1 is 1.33 bits per heavy atom. The van der Waals surface area contributed by atoms with Gasteiger partial charge in [-0.3, -0.25) is 4.55 Å². The van der Waals surface area contributed by atoms with Crippen LogP contribution in [0, 0.1) is 0 Å². The zero-order valence-electron chi connectivity index (χ0n) is 10.5. The second-order valence-electron chi connectivity index (χ2n) is 4.16. The molecule has 18 heavy (non-hydrogen) atoms. The third-order valence-electron chi connectivity index (χ3n) is 2.80. The first-order valence-corrected chi connectivity index (χ1v) is 7.47. The average Bonchev–Trinajstić information content (AvgIpc) is 2.30. The van der Waals surface area contributed by atoms with Gasteiger partial charge in [0, 0.05) is 12.2 Å². The molecule has 1 unspecified atom stereocenters. The van der Waals surface area contributed by atoms with Crippen molar-refractivity contribution in [1.82, 2.24) is 0 Å². The smallest absolute Gasteiger partial charge is 0.269 e. The molecule has 0 aliphatic carbocycles. The molecule has 4 N–H and O–H groups in total. The lowest BCUT2D eigenvalue weighted by atomic mass is 10.1. The molecule has 0 saturated carbocycles. The molecule has 1 aromatic carbocycles. The molecule has 1 rings (SSSR count). The van der Waals surface area contributed by atoms with Crippen LogP contribution in [-0.4, -0.2) is 31.3 Å². The van der Waals surface area contributed by atoms with Gasteiger partial charge in [0.05, 0.1) is 0 Å². The Hall–Kier alpha value is -1.11. The third-order valence-corrected chi connectivity index (χ3v) is 4.14. The van der Waals surface area contributed by atoms with E-state index in [0.29, 0.717) is 13.0 Å². The first-order chi connectivity index (χ1) is 8.47.